The summed E-state index contributed by atoms with van der Waals surface area (Å²) in [4.78, 5) is 26.8. The number of carbonyl (C=O) groups is 2. The van der Waals surface area contributed by atoms with Crippen molar-refractivity contribution in [3.63, 3.8) is 0 Å². The number of methoxy groups -OCH3 is 1. The number of hydrogen-bond donors (Lipinski definition) is 0. The average Bonchev–Trinajstić information content (AvgIpc) is 2.82. The number of nitriles is 1. The molecule has 1 aliphatic rings. The number of likely N-dealkylation sites (tertiary alicyclic amines) is 1. The summed E-state index contributed by atoms with van der Waals surface area (Å²) < 4.78 is 4.72. The van der Waals surface area contributed by atoms with Crippen molar-refractivity contribution in [3.05, 3.63) is 0 Å². The summed E-state index contributed by atoms with van der Waals surface area (Å²) in [5.41, 5.74) is 0. The molecule has 6 heteroatoms. The van der Waals surface area contributed by atoms with Gasteiger partial charge < -0.3 is 9.64 Å². The van der Waals surface area contributed by atoms with Crippen LogP contribution in [0.15, 0.2) is 0 Å². The molecule has 1 saturated heterocycles. The normalized spacial score (nSPS) is 19.3. The highest BCUT2D eigenvalue weighted by atomic mass is 16.5. The van der Waals surface area contributed by atoms with Crippen molar-refractivity contribution in [2.24, 2.45) is 0 Å². The molecule has 1 rings (SSSR count). The highest BCUT2D eigenvalue weighted by Gasteiger charge is 2.32. The van der Waals surface area contributed by atoms with Gasteiger partial charge in [-0.05, 0) is 19.4 Å². The molecule has 6 nitrogen and oxygen atoms in total. The lowest BCUT2D eigenvalue weighted by Crippen LogP contribution is -2.44. The summed E-state index contributed by atoms with van der Waals surface area (Å²) in [6.45, 7) is 1.37. The molecule has 1 fully saturated rings. The predicted molar refractivity (Wildman–Crippen MR) is 64.5 cm³/mol. The van der Waals surface area contributed by atoms with Gasteiger partial charge in [0.2, 0.25) is 5.91 Å². The van der Waals surface area contributed by atoms with Gasteiger partial charge >= 0.3 is 5.97 Å². The van der Waals surface area contributed by atoms with E-state index >= 15 is 0 Å². The van der Waals surface area contributed by atoms with Crippen LogP contribution in [0.2, 0.25) is 0 Å². The SMILES string of the molecule is COC(=O)C1CCCN1CC(=O)N(C)CCC#N. The fourth-order valence-electron chi connectivity index (χ4n) is 2.06. The number of nitrogens with zero attached hydrogens (tertiary/aromatic N) is 3. The Balaban J connectivity index is 2.48. The molecule has 0 aromatic rings. The smallest absolute Gasteiger partial charge is 0.323 e. The highest BCUT2D eigenvalue weighted by molar-refractivity contribution is 5.80. The number of esters is 1. The monoisotopic (exact) mass is 253 g/mol. The molecule has 1 aliphatic heterocycles. The first kappa shape index (κ1) is 14.5. The molecule has 0 aromatic heterocycles. The van der Waals surface area contributed by atoms with E-state index in [-0.39, 0.29) is 24.5 Å². The maximum absolute atomic E-state index is 11.9. The van der Waals surface area contributed by atoms with Crippen molar-refractivity contribution in [3.8, 4) is 6.07 Å². The van der Waals surface area contributed by atoms with E-state index in [4.69, 9.17) is 10.00 Å². The van der Waals surface area contributed by atoms with Crippen LogP contribution >= 0.6 is 0 Å². The summed E-state index contributed by atoms with van der Waals surface area (Å²) in [6.07, 6.45) is 1.96. The van der Waals surface area contributed by atoms with Gasteiger partial charge in [0.05, 0.1) is 26.1 Å². The van der Waals surface area contributed by atoms with E-state index in [1.54, 1.807) is 7.05 Å². The lowest BCUT2D eigenvalue weighted by Gasteiger charge is -2.24. The third-order valence-electron chi connectivity index (χ3n) is 3.16. The van der Waals surface area contributed by atoms with Crippen LogP contribution in [0.3, 0.4) is 0 Å². The lowest BCUT2D eigenvalue weighted by molar-refractivity contribution is -0.146. The third-order valence-corrected chi connectivity index (χ3v) is 3.16. The van der Waals surface area contributed by atoms with Crippen molar-refractivity contribution in [1.82, 2.24) is 9.80 Å². The van der Waals surface area contributed by atoms with E-state index in [1.165, 1.54) is 12.0 Å². The zero-order valence-corrected chi connectivity index (χ0v) is 10.9. The van der Waals surface area contributed by atoms with E-state index < -0.39 is 0 Å². The van der Waals surface area contributed by atoms with Crippen LogP contribution in [-0.2, 0) is 14.3 Å². The Hall–Kier alpha value is -1.61. The van der Waals surface area contributed by atoms with E-state index in [0.717, 1.165) is 19.4 Å². The molecule has 0 radical (unpaired) electrons. The molecule has 0 spiro atoms. The van der Waals surface area contributed by atoms with Gasteiger partial charge in [0.15, 0.2) is 0 Å². The minimum absolute atomic E-state index is 0.0685. The second-order valence-electron chi connectivity index (χ2n) is 4.38. The third kappa shape index (κ3) is 3.70. The van der Waals surface area contributed by atoms with Gasteiger partial charge in [-0.2, -0.15) is 5.26 Å². The van der Waals surface area contributed by atoms with Crippen LogP contribution < -0.4 is 0 Å². The molecule has 0 N–H and O–H groups in total. The molecule has 1 unspecified atom stereocenters. The zero-order chi connectivity index (χ0) is 13.5. The van der Waals surface area contributed by atoms with Crippen LogP contribution in [0.25, 0.3) is 0 Å². The van der Waals surface area contributed by atoms with Crippen molar-refractivity contribution in [1.29, 1.82) is 5.26 Å². The molecule has 1 amide bonds. The standard InChI is InChI=1S/C12H19N3O3/c1-14(7-4-6-13)11(16)9-15-8-3-5-10(15)12(17)18-2/h10H,3-5,7-9H2,1-2H3. The van der Waals surface area contributed by atoms with Gasteiger partial charge in [-0.3, -0.25) is 14.5 Å². The molecule has 1 heterocycles. The largest absolute Gasteiger partial charge is 0.468 e. The van der Waals surface area contributed by atoms with E-state index in [9.17, 15) is 9.59 Å². The van der Waals surface area contributed by atoms with Crippen molar-refractivity contribution in [2.45, 2.75) is 25.3 Å². The Morgan fingerprint density at radius 3 is 2.89 bits per heavy atom. The Morgan fingerprint density at radius 2 is 2.28 bits per heavy atom. The van der Waals surface area contributed by atoms with Crippen LogP contribution in [0.4, 0.5) is 0 Å². The molecule has 0 saturated carbocycles. The van der Waals surface area contributed by atoms with Gasteiger partial charge in [-0.15, -0.1) is 0 Å². The van der Waals surface area contributed by atoms with Crippen molar-refractivity contribution in [2.75, 3.05) is 33.8 Å². The second-order valence-corrected chi connectivity index (χ2v) is 4.38. The van der Waals surface area contributed by atoms with Crippen LogP contribution in [0, 0.1) is 11.3 Å². The average molecular weight is 253 g/mol. The number of ether oxygens (including phenoxy) is 1. The van der Waals surface area contributed by atoms with Crippen molar-refractivity contribution < 1.29 is 14.3 Å². The minimum Gasteiger partial charge on any atom is -0.468 e. The van der Waals surface area contributed by atoms with E-state index in [0.29, 0.717) is 13.0 Å². The fraction of sp³-hybridized carbons (Fsp3) is 0.750. The number of likely N-dealkylation sites (N-methyl/N-ethyl adjacent to an activating group) is 1. The number of rotatable bonds is 5. The highest BCUT2D eigenvalue weighted by Crippen LogP contribution is 2.18. The molecular formula is C12H19N3O3. The van der Waals surface area contributed by atoms with E-state index in [2.05, 4.69) is 0 Å². The Morgan fingerprint density at radius 1 is 1.56 bits per heavy atom. The number of carbonyl (C=O) groups excluding carboxylic acids is 2. The first-order chi connectivity index (χ1) is 8.60. The van der Waals surface area contributed by atoms with Gasteiger partial charge in [0, 0.05) is 13.6 Å². The Labute approximate surface area is 107 Å². The molecular weight excluding hydrogens is 234 g/mol. The van der Waals surface area contributed by atoms with Crippen LogP contribution in [-0.4, -0.2) is 61.5 Å². The summed E-state index contributed by atoms with van der Waals surface area (Å²) in [7, 11) is 3.03. The van der Waals surface area contributed by atoms with Gasteiger partial charge in [0.25, 0.3) is 0 Å². The molecule has 1 atom stereocenters. The summed E-state index contributed by atoms with van der Waals surface area (Å²) in [5, 5.41) is 8.47. The van der Waals surface area contributed by atoms with Crippen LogP contribution in [0.1, 0.15) is 19.3 Å². The van der Waals surface area contributed by atoms with E-state index in [1.807, 2.05) is 11.0 Å². The van der Waals surface area contributed by atoms with Gasteiger partial charge in [0.1, 0.15) is 6.04 Å². The molecule has 0 aliphatic carbocycles. The van der Waals surface area contributed by atoms with Crippen LogP contribution in [0.5, 0.6) is 0 Å². The van der Waals surface area contributed by atoms with Gasteiger partial charge in [-0.25, -0.2) is 0 Å². The maximum atomic E-state index is 11.9. The first-order valence-electron chi connectivity index (χ1n) is 6.03. The summed E-state index contributed by atoms with van der Waals surface area (Å²) in [5.74, 6) is -0.346. The fourth-order valence-corrected chi connectivity index (χ4v) is 2.06. The lowest BCUT2D eigenvalue weighted by atomic mass is 10.2. The maximum Gasteiger partial charge on any atom is 0.323 e. The molecule has 0 aromatic carbocycles. The summed E-state index contributed by atoms with van der Waals surface area (Å²) >= 11 is 0. The summed E-state index contributed by atoms with van der Waals surface area (Å²) in [6, 6.07) is 1.70. The second kappa shape index (κ2) is 6.97. The Kier molecular flexibility index (Phi) is 5.59. The van der Waals surface area contributed by atoms with Gasteiger partial charge in [-0.1, -0.05) is 0 Å². The Bertz CT molecular complexity index is 351. The zero-order valence-electron chi connectivity index (χ0n) is 10.9. The molecule has 0 bridgehead atoms. The number of amides is 1. The van der Waals surface area contributed by atoms with Crippen molar-refractivity contribution >= 4 is 11.9 Å². The predicted octanol–water partition coefficient (Wildman–Crippen LogP) is -0.00412. The topological polar surface area (TPSA) is 73.6 Å². The first-order valence-corrected chi connectivity index (χ1v) is 6.03. The molecule has 100 valence electrons. The quantitative estimate of drug-likeness (QED) is 0.645. The number of hydrogen-bond acceptors (Lipinski definition) is 5. The minimum atomic E-state index is -0.302. The molecule has 18 heavy (non-hydrogen) atoms.